The van der Waals surface area contributed by atoms with Gasteiger partial charge in [-0.05, 0) is 62.4 Å². The van der Waals surface area contributed by atoms with E-state index in [0.717, 1.165) is 64.5 Å². The second kappa shape index (κ2) is 3.91. The average molecular weight is 261 g/mol. The summed E-state index contributed by atoms with van der Waals surface area (Å²) < 4.78 is 0. The first-order chi connectivity index (χ1) is 9.18. The number of carbonyl (C=O) groups excluding carboxylic acids is 2. The molecule has 4 rings (SSSR count). The summed E-state index contributed by atoms with van der Waals surface area (Å²) in [5.41, 5.74) is 0.257. The van der Waals surface area contributed by atoms with Crippen LogP contribution in [0.4, 0.5) is 0 Å². The summed E-state index contributed by atoms with van der Waals surface area (Å²) in [6.07, 6.45) is 7.89. The van der Waals surface area contributed by atoms with Gasteiger partial charge in [-0.2, -0.15) is 0 Å². The van der Waals surface area contributed by atoms with Crippen molar-refractivity contribution in [2.45, 2.75) is 51.4 Å². The van der Waals surface area contributed by atoms with Crippen LogP contribution in [-0.2, 0) is 9.59 Å². The topological polar surface area (TPSA) is 46.2 Å². The minimum Gasteiger partial charge on any atom is -0.317 e. The molecular weight excluding hydrogens is 238 g/mol. The van der Waals surface area contributed by atoms with Gasteiger partial charge in [0.1, 0.15) is 11.6 Å². The highest BCUT2D eigenvalue weighted by atomic mass is 16.1. The molecule has 3 saturated carbocycles. The first-order valence-electron chi connectivity index (χ1n) is 7.94. The monoisotopic (exact) mass is 261 g/mol. The van der Waals surface area contributed by atoms with Crippen LogP contribution in [0.2, 0.25) is 0 Å². The van der Waals surface area contributed by atoms with Crippen LogP contribution in [0.15, 0.2) is 0 Å². The highest BCUT2D eigenvalue weighted by Crippen LogP contribution is 2.69. The Kier molecular flexibility index (Phi) is 2.48. The van der Waals surface area contributed by atoms with E-state index < -0.39 is 0 Å². The van der Waals surface area contributed by atoms with Crippen molar-refractivity contribution in [3.63, 3.8) is 0 Å². The Hall–Kier alpha value is -0.700. The summed E-state index contributed by atoms with van der Waals surface area (Å²) in [5.74, 6) is 1.40. The Morgan fingerprint density at radius 1 is 0.947 bits per heavy atom. The minimum atomic E-state index is 0.0871. The van der Waals surface area contributed by atoms with E-state index in [2.05, 4.69) is 5.32 Å². The van der Waals surface area contributed by atoms with Gasteiger partial charge in [-0.3, -0.25) is 9.59 Å². The maximum absolute atomic E-state index is 12.6. The molecule has 2 spiro atoms. The normalized spacial score (nSPS) is 44.4. The summed E-state index contributed by atoms with van der Waals surface area (Å²) >= 11 is 0. The van der Waals surface area contributed by atoms with Gasteiger partial charge < -0.3 is 5.32 Å². The summed E-state index contributed by atoms with van der Waals surface area (Å²) in [7, 11) is 0. The van der Waals surface area contributed by atoms with Crippen LogP contribution < -0.4 is 5.32 Å². The molecule has 3 atom stereocenters. The maximum Gasteiger partial charge on any atom is 0.137 e. The van der Waals surface area contributed by atoms with Gasteiger partial charge in [0.05, 0.1) is 0 Å². The molecule has 1 N–H and O–H groups in total. The van der Waals surface area contributed by atoms with Crippen LogP contribution in [-0.4, -0.2) is 24.7 Å². The van der Waals surface area contributed by atoms with E-state index in [4.69, 9.17) is 0 Å². The molecule has 0 amide bonds. The molecule has 0 aromatic heterocycles. The zero-order valence-corrected chi connectivity index (χ0v) is 11.5. The number of ketones is 2. The zero-order valence-electron chi connectivity index (χ0n) is 11.5. The van der Waals surface area contributed by atoms with E-state index in [1.807, 2.05) is 0 Å². The average Bonchev–Trinajstić information content (AvgIpc) is 2.87. The summed E-state index contributed by atoms with van der Waals surface area (Å²) in [5, 5.41) is 3.42. The van der Waals surface area contributed by atoms with E-state index in [1.54, 1.807) is 0 Å². The molecule has 4 fully saturated rings. The third kappa shape index (κ3) is 1.43. The predicted molar refractivity (Wildman–Crippen MR) is 71.7 cm³/mol. The van der Waals surface area contributed by atoms with Crippen molar-refractivity contribution in [1.29, 1.82) is 0 Å². The second-order valence-corrected chi connectivity index (χ2v) is 7.32. The van der Waals surface area contributed by atoms with Crippen molar-refractivity contribution in [2.24, 2.45) is 22.7 Å². The Morgan fingerprint density at radius 2 is 1.74 bits per heavy atom. The van der Waals surface area contributed by atoms with E-state index in [-0.39, 0.29) is 22.7 Å². The maximum atomic E-state index is 12.6. The number of rotatable bonds is 0. The zero-order chi connectivity index (χ0) is 13.1. The van der Waals surface area contributed by atoms with E-state index >= 15 is 0 Å². The molecule has 0 radical (unpaired) electrons. The first kappa shape index (κ1) is 12.1. The minimum absolute atomic E-state index is 0.0871. The molecule has 3 nitrogen and oxygen atoms in total. The molecule has 1 heterocycles. The molecule has 1 aliphatic heterocycles. The molecule has 3 heteroatoms. The number of nitrogens with one attached hydrogen (secondary N) is 1. The van der Waals surface area contributed by atoms with E-state index in [1.165, 1.54) is 0 Å². The van der Waals surface area contributed by atoms with Crippen molar-refractivity contribution in [2.75, 3.05) is 13.1 Å². The Balaban J connectivity index is 1.80. The third-order valence-corrected chi connectivity index (χ3v) is 6.70. The van der Waals surface area contributed by atoms with Crippen LogP contribution in [0.5, 0.6) is 0 Å². The predicted octanol–water partition coefficient (Wildman–Crippen LogP) is 2.09. The lowest BCUT2D eigenvalue weighted by Gasteiger charge is -2.42. The lowest BCUT2D eigenvalue weighted by molar-refractivity contribution is -0.131. The number of hydrogen-bond donors (Lipinski definition) is 1. The molecule has 0 aromatic rings. The Labute approximate surface area is 114 Å². The molecule has 104 valence electrons. The second-order valence-electron chi connectivity index (χ2n) is 7.32. The van der Waals surface area contributed by atoms with Gasteiger partial charge >= 0.3 is 0 Å². The third-order valence-electron chi connectivity index (χ3n) is 6.70. The Bertz CT molecular complexity index is 438. The summed E-state index contributed by atoms with van der Waals surface area (Å²) in [4.78, 5) is 25.0. The van der Waals surface area contributed by atoms with Crippen LogP contribution in [0.25, 0.3) is 0 Å². The fourth-order valence-corrected chi connectivity index (χ4v) is 6.08. The van der Waals surface area contributed by atoms with Gasteiger partial charge in [0, 0.05) is 24.7 Å². The summed E-state index contributed by atoms with van der Waals surface area (Å²) in [6.45, 7) is 2.06. The van der Waals surface area contributed by atoms with Crippen molar-refractivity contribution >= 4 is 11.6 Å². The number of carbonyl (C=O) groups is 2. The van der Waals surface area contributed by atoms with E-state index in [0.29, 0.717) is 11.6 Å². The molecular formula is C16H23NO2. The van der Waals surface area contributed by atoms with Crippen LogP contribution in [0.3, 0.4) is 0 Å². The van der Waals surface area contributed by atoms with Crippen molar-refractivity contribution in [3.05, 3.63) is 0 Å². The SMILES string of the molecule is O=C1CCCC23CCC(=O)C2C2(CCNCC2)CC13. The molecule has 0 bridgehead atoms. The smallest absolute Gasteiger partial charge is 0.137 e. The number of hydrogen-bond acceptors (Lipinski definition) is 3. The molecule has 3 unspecified atom stereocenters. The molecule has 19 heavy (non-hydrogen) atoms. The van der Waals surface area contributed by atoms with Gasteiger partial charge in [-0.15, -0.1) is 0 Å². The molecule has 0 aromatic carbocycles. The first-order valence-corrected chi connectivity index (χ1v) is 7.94. The van der Waals surface area contributed by atoms with Crippen molar-refractivity contribution in [1.82, 2.24) is 5.32 Å². The van der Waals surface area contributed by atoms with Crippen LogP contribution >= 0.6 is 0 Å². The van der Waals surface area contributed by atoms with Crippen molar-refractivity contribution < 1.29 is 9.59 Å². The van der Waals surface area contributed by atoms with Crippen molar-refractivity contribution in [3.8, 4) is 0 Å². The van der Waals surface area contributed by atoms with Crippen LogP contribution in [0.1, 0.15) is 51.4 Å². The highest BCUT2D eigenvalue weighted by Gasteiger charge is 2.68. The van der Waals surface area contributed by atoms with Gasteiger partial charge in [0.15, 0.2) is 0 Å². The molecule has 1 saturated heterocycles. The van der Waals surface area contributed by atoms with Gasteiger partial charge in [-0.1, -0.05) is 0 Å². The molecule has 3 aliphatic carbocycles. The fourth-order valence-electron chi connectivity index (χ4n) is 6.08. The molecule has 4 aliphatic rings. The number of Topliss-reactive ketones (excluding diaryl/α,β-unsaturated/α-hetero) is 2. The van der Waals surface area contributed by atoms with E-state index in [9.17, 15) is 9.59 Å². The lowest BCUT2D eigenvalue weighted by atomic mass is 9.62. The van der Waals surface area contributed by atoms with Crippen LogP contribution in [0, 0.1) is 22.7 Å². The van der Waals surface area contributed by atoms with Gasteiger partial charge in [0.2, 0.25) is 0 Å². The Morgan fingerprint density at radius 3 is 2.53 bits per heavy atom. The lowest BCUT2D eigenvalue weighted by Crippen LogP contribution is -2.44. The number of piperidine rings is 1. The largest absolute Gasteiger partial charge is 0.317 e. The highest BCUT2D eigenvalue weighted by molar-refractivity contribution is 5.91. The van der Waals surface area contributed by atoms with Gasteiger partial charge in [-0.25, -0.2) is 0 Å². The standard InChI is InChI=1S/C16H23NO2/c18-12-2-1-4-16-5-3-13(19)14(16)15(10-11(12)16)6-8-17-9-7-15/h11,14,17H,1-10H2. The van der Waals surface area contributed by atoms with Gasteiger partial charge in [0.25, 0.3) is 0 Å². The summed E-state index contributed by atoms with van der Waals surface area (Å²) in [6, 6.07) is 0. The fraction of sp³-hybridized carbons (Fsp3) is 0.875. The number of fused-ring (bicyclic) bond motifs is 1. The quantitative estimate of drug-likeness (QED) is 0.726.